The third-order valence-corrected chi connectivity index (χ3v) is 3.46. The molecule has 2 rings (SSSR count). The summed E-state index contributed by atoms with van der Waals surface area (Å²) in [5.41, 5.74) is 5.78. The molecule has 14 heavy (non-hydrogen) atoms. The quantitative estimate of drug-likeness (QED) is 0.529. The average molecular weight is 195 g/mol. The highest BCUT2D eigenvalue weighted by atomic mass is 15.1. The van der Waals surface area contributed by atoms with Crippen molar-refractivity contribution in [2.75, 3.05) is 6.54 Å². The molecule has 3 heteroatoms. The molecule has 0 aromatic heterocycles. The van der Waals surface area contributed by atoms with Gasteiger partial charge in [-0.05, 0) is 31.1 Å². The van der Waals surface area contributed by atoms with Crippen molar-refractivity contribution < 1.29 is 0 Å². The Morgan fingerprint density at radius 1 is 1.36 bits per heavy atom. The van der Waals surface area contributed by atoms with E-state index in [4.69, 9.17) is 5.73 Å². The molecule has 0 heterocycles. The Bertz CT molecular complexity index is 221. The zero-order valence-corrected chi connectivity index (χ0v) is 9.00. The number of rotatable bonds is 3. The number of hydrogen-bond donors (Lipinski definition) is 2. The van der Waals surface area contributed by atoms with Crippen LogP contribution in [0.4, 0.5) is 0 Å². The molecule has 2 saturated carbocycles. The maximum atomic E-state index is 5.78. The molecule has 2 atom stereocenters. The molecule has 0 aliphatic heterocycles. The van der Waals surface area contributed by atoms with Gasteiger partial charge < -0.3 is 11.1 Å². The standard InChI is InChI=1S/C11H21N3/c1-8-3-2-4-9(8)7-13-11(12)14-10-5-6-10/h8-10H,2-7H2,1H3,(H3,12,13,14). The molecule has 2 unspecified atom stereocenters. The van der Waals surface area contributed by atoms with E-state index in [1.807, 2.05) is 0 Å². The molecule has 0 spiro atoms. The predicted octanol–water partition coefficient (Wildman–Crippen LogP) is 1.49. The lowest BCUT2D eigenvalue weighted by Gasteiger charge is -2.12. The summed E-state index contributed by atoms with van der Waals surface area (Å²) in [6.45, 7) is 3.25. The van der Waals surface area contributed by atoms with Gasteiger partial charge >= 0.3 is 0 Å². The van der Waals surface area contributed by atoms with Crippen molar-refractivity contribution in [3.63, 3.8) is 0 Å². The van der Waals surface area contributed by atoms with Crippen LogP contribution >= 0.6 is 0 Å². The van der Waals surface area contributed by atoms with Gasteiger partial charge in [0.25, 0.3) is 0 Å². The fraction of sp³-hybridized carbons (Fsp3) is 0.909. The van der Waals surface area contributed by atoms with Crippen molar-refractivity contribution in [1.82, 2.24) is 5.32 Å². The Balaban J connectivity index is 1.73. The van der Waals surface area contributed by atoms with Crippen LogP contribution in [-0.2, 0) is 0 Å². The first-order valence-corrected chi connectivity index (χ1v) is 5.82. The monoisotopic (exact) mass is 195 g/mol. The van der Waals surface area contributed by atoms with E-state index in [1.165, 1.54) is 32.1 Å². The largest absolute Gasteiger partial charge is 0.370 e. The summed E-state index contributed by atoms with van der Waals surface area (Å²) < 4.78 is 0. The van der Waals surface area contributed by atoms with Gasteiger partial charge in [0.15, 0.2) is 5.96 Å². The first kappa shape index (κ1) is 9.81. The molecule has 0 amide bonds. The number of guanidine groups is 1. The second-order valence-corrected chi connectivity index (χ2v) is 4.81. The number of nitrogens with zero attached hydrogens (tertiary/aromatic N) is 1. The van der Waals surface area contributed by atoms with Gasteiger partial charge in [-0.25, -0.2) is 0 Å². The molecule has 3 N–H and O–H groups in total. The van der Waals surface area contributed by atoms with E-state index in [0.717, 1.165) is 18.4 Å². The summed E-state index contributed by atoms with van der Waals surface area (Å²) in [5.74, 6) is 2.27. The Labute approximate surface area is 86.2 Å². The topological polar surface area (TPSA) is 50.4 Å². The van der Waals surface area contributed by atoms with E-state index in [0.29, 0.717) is 12.0 Å². The van der Waals surface area contributed by atoms with Crippen molar-refractivity contribution in [2.24, 2.45) is 22.6 Å². The van der Waals surface area contributed by atoms with Crippen molar-refractivity contribution >= 4 is 5.96 Å². The van der Waals surface area contributed by atoms with E-state index in [2.05, 4.69) is 17.2 Å². The third kappa shape index (κ3) is 2.63. The molecular formula is C11H21N3. The molecule has 0 bridgehead atoms. The summed E-state index contributed by atoms with van der Waals surface area (Å²) in [7, 11) is 0. The van der Waals surface area contributed by atoms with Crippen molar-refractivity contribution in [3.05, 3.63) is 0 Å². The maximum absolute atomic E-state index is 5.78. The number of hydrogen-bond acceptors (Lipinski definition) is 1. The Kier molecular flexibility index (Phi) is 2.94. The van der Waals surface area contributed by atoms with E-state index in [-0.39, 0.29) is 0 Å². The van der Waals surface area contributed by atoms with E-state index < -0.39 is 0 Å². The second-order valence-electron chi connectivity index (χ2n) is 4.81. The van der Waals surface area contributed by atoms with Crippen molar-refractivity contribution in [2.45, 2.75) is 45.1 Å². The molecule has 2 fully saturated rings. The van der Waals surface area contributed by atoms with Gasteiger partial charge in [-0.3, -0.25) is 4.99 Å². The van der Waals surface area contributed by atoms with Crippen LogP contribution in [0, 0.1) is 11.8 Å². The third-order valence-electron chi connectivity index (χ3n) is 3.46. The van der Waals surface area contributed by atoms with E-state index in [1.54, 1.807) is 0 Å². The SMILES string of the molecule is CC1CCCC1CN=C(N)NC1CC1. The molecule has 0 radical (unpaired) electrons. The highest BCUT2D eigenvalue weighted by Gasteiger charge is 2.24. The van der Waals surface area contributed by atoms with Crippen molar-refractivity contribution in [1.29, 1.82) is 0 Å². The maximum Gasteiger partial charge on any atom is 0.188 e. The lowest BCUT2D eigenvalue weighted by atomic mass is 9.99. The lowest BCUT2D eigenvalue weighted by Crippen LogP contribution is -2.33. The summed E-state index contributed by atoms with van der Waals surface area (Å²) >= 11 is 0. The number of nitrogens with two attached hydrogens (primary N) is 1. The average Bonchev–Trinajstić information content (AvgIpc) is 2.86. The number of aliphatic imine (C=N–C) groups is 1. The Morgan fingerprint density at radius 3 is 2.71 bits per heavy atom. The van der Waals surface area contributed by atoms with Crippen LogP contribution in [0.3, 0.4) is 0 Å². The predicted molar refractivity (Wildman–Crippen MR) is 59.2 cm³/mol. The molecule has 2 aliphatic rings. The smallest absolute Gasteiger partial charge is 0.188 e. The highest BCUT2D eigenvalue weighted by Crippen LogP contribution is 2.31. The van der Waals surface area contributed by atoms with Crippen LogP contribution < -0.4 is 11.1 Å². The lowest BCUT2D eigenvalue weighted by molar-refractivity contribution is 0.429. The molecule has 0 aromatic rings. The van der Waals surface area contributed by atoms with Gasteiger partial charge in [-0.15, -0.1) is 0 Å². The van der Waals surface area contributed by atoms with Gasteiger partial charge in [-0.1, -0.05) is 19.8 Å². The molecule has 0 saturated heterocycles. The molecule has 80 valence electrons. The zero-order chi connectivity index (χ0) is 9.97. The van der Waals surface area contributed by atoms with Crippen LogP contribution in [0.2, 0.25) is 0 Å². The van der Waals surface area contributed by atoms with Gasteiger partial charge in [-0.2, -0.15) is 0 Å². The van der Waals surface area contributed by atoms with E-state index in [9.17, 15) is 0 Å². The summed E-state index contributed by atoms with van der Waals surface area (Å²) in [6, 6.07) is 0.625. The molecule has 2 aliphatic carbocycles. The van der Waals surface area contributed by atoms with Crippen LogP contribution in [0.15, 0.2) is 4.99 Å². The van der Waals surface area contributed by atoms with Crippen molar-refractivity contribution in [3.8, 4) is 0 Å². The van der Waals surface area contributed by atoms with Crippen LogP contribution in [-0.4, -0.2) is 18.5 Å². The summed E-state index contributed by atoms with van der Waals surface area (Å²) in [4.78, 5) is 4.42. The molecule has 0 aromatic carbocycles. The minimum atomic E-state index is 0.625. The highest BCUT2D eigenvalue weighted by molar-refractivity contribution is 5.78. The number of nitrogens with one attached hydrogen (secondary N) is 1. The zero-order valence-electron chi connectivity index (χ0n) is 9.00. The minimum Gasteiger partial charge on any atom is -0.370 e. The molecule has 3 nitrogen and oxygen atoms in total. The van der Waals surface area contributed by atoms with Crippen LogP contribution in [0.5, 0.6) is 0 Å². The van der Waals surface area contributed by atoms with Gasteiger partial charge in [0, 0.05) is 12.6 Å². The van der Waals surface area contributed by atoms with E-state index >= 15 is 0 Å². The Morgan fingerprint density at radius 2 is 2.14 bits per heavy atom. The first-order valence-electron chi connectivity index (χ1n) is 5.82. The summed E-state index contributed by atoms with van der Waals surface area (Å²) in [5, 5.41) is 3.22. The Hall–Kier alpha value is -0.730. The summed E-state index contributed by atoms with van der Waals surface area (Å²) in [6.07, 6.45) is 6.60. The second kappa shape index (κ2) is 4.20. The van der Waals surface area contributed by atoms with Crippen LogP contribution in [0.1, 0.15) is 39.0 Å². The minimum absolute atomic E-state index is 0.625. The van der Waals surface area contributed by atoms with Crippen LogP contribution in [0.25, 0.3) is 0 Å². The van der Waals surface area contributed by atoms with Gasteiger partial charge in [0.2, 0.25) is 0 Å². The van der Waals surface area contributed by atoms with Gasteiger partial charge in [0.05, 0.1) is 0 Å². The normalized spacial score (nSPS) is 33.4. The first-order chi connectivity index (χ1) is 6.75. The molecular weight excluding hydrogens is 174 g/mol. The van der Waals surface area contributed by atoms with Gasteiger partial charge in [0.1, 0.15) is 0 Å². The fourth-order valence-corrected chi connectivity index (χ4v) is 2.19. The fourth-order valence-electron chi connectivity index (χ4n) is 2.19.